The summed E-state index contributed by atoms with van der Waals surface area (Å²) in [6.45, 7) is 1.99. The van der Waals surface area contributed by atoms with Crippen molar-refractivity contribution in [2.24, 2.45) is 0 Å². The summed E-state index contributed by atoms with van der Waals surface area (Å²) in [5.74, 6) is -0.950. The molecule has 2 heterocycles. The SMILES string of the molecule is Cc1ccc(C=Cc2ccc3nccc(C(=O)O)c3c2)nc1. The van der Waals surface area contributed by atoms with Crippen molar-refractivity contribution in [3.05, 3.63) is 71.2 Å². The standard InChI is InChI=1S/C18H14N2O2/c1-12-2-5-14(20-11-12)6-3-13-4-7-17-16(10-13)15(18(21)22)8-9-19-17/h2-11H,1H3,(H,21,22). The highest BCUT2D eigenvalue weighted by Gasteiger charge is 2.08. The van der Waals surface area contributed by atoms with Crippen LogP contribution in [-0.4, -0.2) is 21.0 Å². The number of fused-ring (bicyclic) bond motifs is 1. The van der Waals surface area contributed by atoms with Gasteiger partial charge in [0, 0.05) is 17.8 Å². The second kappa shape index (κ2) is 5.77. The lowest BCUT2D eigenvalue weighted by Gasteiger charge is -2.03. The Balaban J connectivity index is 1.99. The first-order valence-electron chi connectivity index (χ1n) is 6.86. The maximum atomic E-state index is 11.3. The van der Waals surface area contributed by atoms with E-state index in [1.807, 2.05) is 55.6 Å². The second-order valence-corrected chi connectivity index (χ2v) is 5.03. The molecule has 0 aliphatic rings. The lowest BCUT2D eigenvalue weighted by molar-refractivity contribution is 0.0699. The van der Waals surface area contributed by atoms with Crippen LogP contribution in [-0.2, 0) is 0 Å². The molecule has 0 radical (unpaired) electrons. The van der Waals surface area contributed by atoms with Crippen LogP contribution in [0, 0.1) is 6.92 Å². The van der Waals surface area contributed by atoms with Gasteiger partial charge in [-0.15, -0.1) is 0 Å². The average Bonchev–Trinajstić information content (AvgIpc) is 2.53. The van der Waals surface area contributed by atoms with E-state index in [-0.39, 0.29) is 5.56 Å². The quantitative estimate of drug-likeness (QED) is 0.796. The highest BCUT2D eigenvalue weighted by Crippen LogP contribution is 2.20. The number of pyridine rings is 2. The second-order valence-electron chi connectivity index (χ2n) is 5.03. The minimum atomic E-state index is -0.950. The summed E-state index contributed by atoms with van der Waals surface area (Å²) in [5.41, 5.74) is 3.81. The van der Waals surface area contributed by atoms with Crippen molar-refractivity contribution < 1.29 is 9.90 Å². The molecule has 0 fully saturated rings. The molecular formula is C18H14N2O2. The molecule has 0 bridgehead atoms. The first-order valence-corrected chi connectivity index (χ1v) is 6.86. The maximum Gasteiger partial charge on any atom is 0.336 e. The molecule has 0 unspecified atom stereocenters. The maximum absolute atomic E-state index is 11.3. The van der Waals surface area contributed by atoms with Crippen molar-refractivity contribution in [2.45, 2.75) is 6.92 Å². The normalized spacial score (nSPS) is 11.1. The van der Waals surface area contributed by atoms with E-state index >= 15 is 0 Å². The molecule has 108 valence electrons. The van der Waals surface area contributed by atoms with Gasteiger partial charge in [0.1, 0.15) is 0 Å². The summed E-state index contributed by atoms with van der Waals surface area (Å²) < 4.78 is 0. The molecule has 3 rings (SSSR count). The number of hydrogen-bond donors (Lipinski definition) is 1. The van der Waals surface area contributed by atoms with E-state index < -0.39 is 5.97 Å². The molecule has 0 saturated carbocycles. The van der Waals surface area contributed by atoms with Gasteiger partial charge >= 0.3 is 5.97 Å². The number of aryl methyl sites for hydroxylation is 1. The first-order chi connectivity index (χ1) is 10.6. The van der Waals surface area contributed by atoms with Crippen LogP contribution in [0.1, 0.15) is 27.2 Å². The van der Waals surface area contributed by atoms with Crippen molar-refractivity contribution in [2.75, 3.05) is 0 Å². The molecule has 4 nitrogen and oxygen atoms in total. The molecule has 1 N–H and O–H groups in total. The Morgan fingerprint density at radius 2 is 1.95 bits per heavy atom. The summed E-state index contributed by atoms with van der Waals surface area (Å²) in [6, 6.07) is 11.0. The number of hydrogen-bond acceptors (Lipinski definition) is 3. The van der Waals surface area contributed by atoms with E-state index in [1.54, 1.807) is 0 Å². The predicted molar refractivity (Wildman–Crippen MR) is 86.6 cm³/mol. The monoisotopic (exact) mass is 290 g/mol. The molecule has 0 spiro atoms. The Bertz CT molecular complexity index is 868. The molecule has 0 atom stereocenters. The molecule has 0 aliphatic heterocycles. The van der Waals surface area contributed by atoms with Crippen LogP contribution in [0.2, 0.25) is 0 Å². The van der Waals surface area contributed by atoms with E-state index in [0.717, 1.165) is 16.8 Å². The molecule has 4 heteroatoms. The highest BCUT2D eigenvalue weighted by atomic mass is 16.4. The van der Waals surface area contributed by atoms with Crippen LogP contribution < -0.4 is 0 Å². The fourth-order valence-electron chi connectivity index (χ4n) is 2.21. The van der Waals surface area contributed by atoms with Crippen LogP contribution in [0.5, 0.6) is 0 Å². The van der Waals surface area contributed by atoms with Gasteiger partial charge in [0.2, 0.25) is 0 Å². The molecule has 0 saturated heterocycles. The number of rotatable bonds is 3. The van der Waals surface area contributed by atoms with Gasteiger partial charge in [0.05, 0.1) is 16.8 Å². The number of carboxylic acids is 1. The fraction of sp³-hybridized carbons (Fsp3) is 0.0556. The zero-order valence-electron chi connectivity index (χ0n) is 12.0. The molecular weight excluding hydrogens is 276 g/mol. The number of carboxylic acid groups (broad SMARTS) is 1. The Hall–Kier alpha value is -3.01. The van der Waals surface area contributed by atoms with Crippen LogP contribution in [0.4, 0.5) is 0 Å². The lowest BCUT2D eigenvalue weighted by atomic mass is 10.1. The average molecular weight is 290 g/mol. The minimum Gasteiger partial charge on any atom is -0.478 e. The minimum absolute atomic E-state index is 0.258. The van der Waals surface area contributed by atoms with E-state index in [9.17, 15) is 9.90 Å². The molecule has 2 aromatic heterocycles. The third kappa shape index (κ3) is 2.86. The van der Waals surface area contributed by atoms with Gasteiger partial charge in [0.25, 0.3) is 0 Å². The molecule has 22 heavy (non-hydrogen) atoms. The van der Waals surface area contributed by atoms with Crippen molar-refractivity contribution in [1.29, 1.82) is 0 Å². The number of benzene rings is 1. The van der Waals surface area contributed by atoms with Gasteiger partial charge in [-0.3, -0.25) is 9.97 Å². The zero-order valence-corrected chi connectivity index (χ0v) is 12.0. The third-order valence-corrected chi connectivity index (χ3v) is 3.38. The Morgan fingerprint density at radius 3 is 2.68 bits per heavy atom. The van der Waals surface area contributed by atoms with Crippen LogP contribution in [0.15, 0.2) is 48.8 Å². The van der Waals surface area contributed by atoms with Gasteiger partial charge < -0.3 is 5.11 Å². The van der Waals surface area contributed by atoms with Crippen molar-refractivity contribution in [3.63, 3.8) is 0 Å². The zero-order chi connectivity index (χ0) is 15.5. The Kier molecular flexibility index (Phi) is 3.66. The van der Waals surface area contributed by atoms with Gasteiger partial charge in [-0.25, -0.2) is 4.79 Å². The van der Waals surface area contributed by atoms with Crippen LogP contribution in [0.25, 0.3) is 23.1 Å². The van der Waals surface area contributed by atoms with Gasteiger partial charge in [0.15, 0.2) is 0 Å². The number of nitrogens with zero attached hydrogens (tertiary/aromatic N) is 2. The number of aromatic carboxylic acids is 1. The summed E-state index contributed by atoms with van der Waals surface area (Å²) in [6.07, 6.45) is 7.14. The third-order valence-electron chi connectivity index (χ3n) is 3.38. The number of aromatic nitrogens is 2. The Morgan fingerprint density at radius 1 is 1.09 bits per heavy atom. The van der Waals surface area contributed by atoms with Crippen molar-refractivity contribution in [1.82, 2.24) is 9.97 Å². The smallest absolute Gasteiger partial charge is 0.336 e. The lowest BCUT2D eigenvalue weighted by Crippen LogP contribution is -1.98. The van der Waals surface area contributed by atoms with E-state index in [4.69, 9.17) is 0 Å². The van der Waals surface area contributed by atoms with Gasteiger partial charge in [-0.2, -0.15) is 0 Å². The van der Waals surface area contributed by atoms with Crippen LogP contribution in [0.3, 0.4) is 0 Å². The molecule has 0 aliphatic carbocycles. The summed E-state index contributed by atoms with van der Waals surface area (Å²) in [4.78, 5) is 19.8. The number of carbonyl (C=O) groups is 1. The van der Waals surface area contributed by atoms with Crippen molar-refractivity contribution >= 4 is 29.0 Å². The van der Waals surface area contributed by atoms with Gasteiger partial charge in [-0.05, 0) is 48.4 Å². The van der Waals surface area contributed by atoms with Crippen LogP contribution >= 0.6 is 0 Å². The van der Waals surface area contributed by atoms with E-state index in [2.05, 4.69) is 9.97 Å². The molecule has 3 aromatic rings. The van der Waals surface area contributed by atoms with E-state index in [0.29, 0.717) is 10.9 Å². The summed E-state index contributed by atoms with van der Waals surface area (Å²) in [5, 5.41) is 9.89. The molecule has 1 aromatic carbocycles. The fourth-order valence-corrected chi connectivity index (χ4v) is 2.21. The topological polar surface area (TPSA) is 63.1 Å². The Labute approximate surface area is 127 Å². The summed E-state index contributed by atoms with van der Waals surface area (Å²) in [7, 11) is 0. The van der Waals surface area contributed by atoms with E-state index in [1.165, 1.54) is 12.3 Å². The molecule has 0 amide bonds. The van der Waals surface area contributed by atoms with Gasteiger partial charge in [-0.1, -0.05) is 18.2 Å². The van der Waals surface area contributed by atoms with Crippen molar-refractivity contribution in [3.8, 4) is 0 Å². The predicted octanol–water partition coefficient (Wildman–Crippen LogP) is 3.81. The highest BCUT2D eigenvalue weighted by molar-refractivity contribution is 6.02. The largest absolute Gasteiger partial charge is 0.478 e. The summed E-state index contributed by atoms with van der Waals surface area (Å²) >= 11 is 0. The first kappa shape index (κ1) is 13.9.